The quantitative estimate of drug-likeness (QED) is 0.521. The van der Waals surface area contributed by atoms with Crippen LogP contribution in [-0.2, 0) is 4.74 Å². The van der Waals surface area contributed by atoms with Gasteiger partial charge in [-0.15, -0.1) is 0 Å². The molecular weight excluding hydrogens is 288 g/mol. The van der Waals surface area contributed by atoms with Crippen molar-refractivity contribution >= 4 is 17.4 Å². The largest absolute Gasteiger partial charge is 0.507 e. The third-order valence-electron chi connectivity index (χ3n) is 3.43. The van der Waals surface area contributed by atoms with Gasteiger partial charge < -0.3 is 9.84 Å². The number of hydrogen-bond acceptors (Lipinski definition) is 3. The zero-order valence-electron chi connectivity index (χ0n) is 11.9. The predicted molar refractivity (Wildman–Crippen MR) is 83.8 cm³/mol. The zero-order chi connectivity index (χ0) is 15.5. The number of ether oxygens (including phenoxy) is 1. The van der Waals surface area contributed by atoms with Crippen LogP contribution in [0.15, 0.2) is 54.7 Å². The molecule has 0 heterocycles. The first-order chi connectivity index (χ1) is 9.93. The molecule has 0 bridgehead atoms. The molecule has 0 fully saturated rings. The topological polar surface area (TPSA) is 46.5 Å². The molecule has 1 aliphatic carbocycles. The summed E-state index contributed by atoms with van der Waals surface area (Å²) in [6.07, 6.45) is 11.0. The number of halogens is 1. The Balaban J connectivity index is 2.09. The average molecular weight is 305 g/mol. The van der Waals surface area contributed by atoms with Crippen molar-refractivity contribution in [3.05, 3.63) is 65.2 Å². The maximum Gasteiger partial charge on any atom is 0.189 e. The lowest BCUT2D eigenvalue weighted by atomic mass is 9.93. The van der Waals surface area contributed by atoms with E-state index in [-0.39, 0.29) is 28.6 Å². The summed E-state index contributed by atoms with van der Waals surface area (Å²) >= 11 is 5.83. The van der Waals surface area contributed by atoms with E-state index in [1.165, 1.54) is 24.3 Å². The summed E-state index contributed by atoms with van der Waals surface area (Å²) in [6.45, 7) is 1.95. The summed E-state index contributed by atoms with van der Waals surface area (Å²) in [6, 6.07) is 4.40. The number of aromatic hydroxyl groups is 1. The third kappa shape index (κ3) is 3.84. The molecule has 0 spiro atoms. The normalized spacial score (nSPS) is 24.6. The molecule has 0 unspecified atom stereocenters. The molecule has 1 N–H and O–H groups in total. The van der Waals surface area contributed by atoms with Crippen LogP contribution < -0.4 is 0 Å². The van der Waals surface area contributed by atoms with E-state index in [1.807, 2.05) is 31.2 Å². The van der Waals surface area contributed by atoms with Gasteiger partial charge in [0, 0.05) is 18.1 Å². The van der Waals surface area contributed by atoms with Crippen molar-refractivity contribution in [2.75, 3.05) is 7.11 Å². The Kier molecular flexibility index (Phi) is 4.66. The van der Waals surface area contributed by atoms with Gasteiger partial charge in [-0.2, -0.15) is 0 Å². The van der Waals surface area contributed by atoms with E-state index >= 15 is 0 Å². The molecule has 0 saturated heterocycles. The van der Waals surface area contributed by atoms with Crippen LogP contribution in [-0.4, -0.2) is 23.6 Å². The molecule has 2 rings (SSSR count). The van der Waals surface area contributed by atoms with Gasteiger partial charge in [0.2, 0.25) is 0 Å². The van der Waals surface area contributed by atoms with Crippen molar-refractivity contribution in [2.45, 2.75) is 12.5 Å². The summed E-state index contributed by atoms with van der Waals surface area (Å²) in [7, 11) is 1.65. The monoisotopic (exact) mass is 304 g/mol. The van der Waals surface area contributed by atoms with Crippen molar-refractivity contribution in [2.24, 2.45) is 5.92 Å². The standard InChI is InChI=1S/C17H17ClO3/c1-17(21-2)9-7-12(8-10-17)3-5-15(19)14-11-13(18)4-6-16(14)20/h3-12,20H,1-2H3/b5-3+. The van der Waals surface area contributed by atoms with Gasteiger partial charge in [-0.05, 0) is 31.2 Å². The van der Waals surface area contributed by atoms with Crippen molar-refractivity contribution in [1.82, 2.24) is 0 Å². The second-order valence-electron chi connectivity index (χ2n) is 5.07. The van der Waals surface area contributed by atoms with Crippen LogP contribution >= 0.6 is 11.6 Å². The van der Waals surface area contributed by atoms with Crippen molar-refractivity contribution in [3.8, 4) is 5.75 Å². The van der Waals surface area contributed by atoms with E-state index in [9.17, 15) is 9.90 Å². The van der Waals surface area contributed by atoms with Gasteiger partial charge in [-0.25, -0.2) is 0 Å². The Labute approximate surface area is 129 Å². The summed E-state index contributed by atoms with van der Waals surface area (Å²) in [4.78, 5) is 12.1. The highest BCUT2D eigenvalue weighted by Crippen LogP contribution is 2.24. The Morgan fingerprint density at radius 3 is 2.67 bits per heavy atom. The molecule has 4 heteroatoms. The van der Waals surface area contributed by atoms with E-state index < -0.39 is 0 Å². The van der Waals surface area contributed by atoms with Crippen LogP contribution in [0.1, 0.15) is 17.3 Å². The number of ketones is 1. The van der Waals surface area contributed by atoms with Crippen molar-refractivity contribution in [1.29, 1.82) is 0 Å². The molecule has 0 atom stereocenters. The minimum atomic E-state index is -0.389. The molecule has 3 nitrogen and oxygen atoms in total. The molecule has 1 aromatic rings. The van der Waals surface area contributed by atoms with Crippen molar-refractivity contribution < 1.29 is 14.6 Å². The Bertz CT molecular complexity index is 615. The molecule has 0 aromatic heterocycles. The molecule has 21 heavy (non-hydrogen) atoms. The second kappa shape index (κ2) is 6.29. The summed E-state index contributed by atoms with van der Waals surface area (Å²) in [5, 5.41) is 10.1. The van der Waals surface area contributed by atoms with Gasteiger partial charge in [-0.1, -0.05) is 42.0 Å². The van der Waals surface area contributed by atoms with E-state index in [0.717, 1.165) is 0 Å². The van der Waals surface area contributed by atoms with Crippen molar-refractivity contribution in [3.63, 3.8) is 0 Å². The van der Waals surface area contributed by atoms with Gasteiger partial charge in [0.15, 0.2) is 5.78 Å². The second-order valence-corrected chi connectivity index (χ2v) is 5.50. The van der Waals surface area contributed by atoms with Crippen LogP contribution in [0.25, 0.3) is 0 Å². The number of rotatable bonds is 4. The van der Waals surface area contributed by atoms with Crippen LogP contribution in [0.5, 0.6) is 5.75 Å². The maximum atomic E-state index is 12.1. The zero-order valence-corrected chi connectivity index (χ0v) is 12.7. The summed E-state index contributed by atoms with van der Waals surface area (Å²) in [5.41, 5.74) is -0.191. The molecule has 1 aromatic carbocycles. The highest BCUT2D eigenvalue weighted by atomic mass is 35.5. The first-order valence-electron chi connectivity index (χ1n) is 6.58. The SMILES string of the molecule is COC1(C)C=CC(/C=C/C(=O)c2cc(Cl)ccc2O)C=C1. The maximum absolute atomic E-state index is 12.1. The Morgan fingerprint density at radius 1 is 1.38 bits per heavy atom. The first kappa shape index (κ1) is 15.5. The smallest absolute Gasteiger partial charge is 0.189 e. The minimum Gasteiger partial charge on any atom is -0.507 e. The van der Waals surface area contributed by atoms with Gasteiger partial charge >= 0.3 is 0 Å². The number of phenols is 1. The number of benzene rings is 1. The van der Waals surface area contributed by atoms with Gasteiger partial charge in [0.05, 0.1) is 5.56 Å². The molecule has 0 saturated carbocycles. The highest BCUT2D eigenvalue weighted by molar-refractivity contribution is 6.31. The Morgan fingerprint density at radius 2 is 2.05 bits per heavy atom. The molecule has 110 valence electrons. The first-order valence-corrected chi connectivity index (χ1v) is 6.96. The van der Waals surface area contributed by atoms with Crippen LogP contribution in [0.2, 0.25) is 5.02 Å². The molecular formula is C17H17ClO3. The van der Waals surface area contributed by atoms with Crippen LogP contribution in [0, 0.1) is 5.92 Å². The number of hydrogen-bond donors (Lipinski definition) is 1. The van der Waals surface area contributed by atoms with Crippen LogP contribution in [0.4, 0.5) is 0 Å². The van der Waals surface area contributed by atoms with E-state index in [1.54, 1.807) is 13.2 Å². The highest BCUT2D eigenvalue weighted by Gasteiger charge is 2.19. The summed E-state index contributed by atoms with van der Waals surface area (Å²) in [5.74, 6) is -0.328. The third-order valence-corrected chi connectivity index (χ3v) is 3.67. The lowest BCUT2D eigenvalue weighted by Crippen LogP contribution is -2.23. The lowest BCUT2D eigenvalue weighted by Gasteiger charge is -2.24. The van der Waals surface area contributed by atoms with Crippen LogP contribution in [0.3, 0.4) is 0 Å². The van der Waals surface area contributed by atoms with E-state index in [4.69, 9.17) is 16.3 Å². The average Bonchev–Trinajstić information content (AvgIpc) is 2.49. The van der Waals surface area contributed by atoms with Gasteiger partial charge in [0.1, 0.15) is 11.4 Å². The molecule has 1 aliphatic rings. The number of carbonyl (C=O) groups excluding carboxylic acids is 1. The van der Waals surface area contributed by atoms with Gasteiger partial charge in [0.25, 0.3) is 0 Å². The molecule has 0 aliphatic heterocycles. The molecule has 0 radical (unpaired) electrons. The molecule has 0 amide bonds. The number of methoxy groups -OCH3 is 1. The fourth-order valence-electron chi connectivity index (χ4n) is 1.98. The van der Waals surface area contributed by atoms with Gasteiger partial charge in [-0.3, -0.25) is 4.79 Å². The Hall–Kier alpha value is -1.84. The number of allylic oxidation sites excluding steroid dienone is 4. The number of phenolic OH excluding ortho intramolecular Hbond substituents is 1. The fourth-order valence-corrected chi connectivity index (χ4v) is 2.15. The lowest BCUT2D eigenvalue weighted by molar-refractivity contribution is 0.0888. The number of carbonyl (C=O) groups is 1. The van der Waals surface area contributed by atoms with E-state index in [2.05, 4.69) is 0 Å². The minimum absolute atomic E-state index is 0.0264. The van der Waals surface area contributed by atoms with E-state index in [0.29, 0.717) is 5.02 Å². The summed E-state index contributed by atoms with van der Waals surface area (Å²) < 4.78 is 5.34. The fraction of sp³-hybridized carbons (Fsp3) is 0.235. The predicted octanol–water partition coefficient (Wildman–Crippen LogP) is 3.93.